The molecule has 0 aromatic heterocycles. The highest BCUT2D eigenvalue weighted by molar-refractivity contribution is 7.89. The van der Waals surface area contributed by atoms with Gasteiger partial charge in [-0.3, -0.25) is 4.90 Å². The second kappa shape index (κ2) is 9.87. The standard InChI is InChI=1S/C22H29FN2O4S/c1-3-4-17-5-8-19(9-6-17)30(27,28)25-13-11-24(12-14-25)16-21(26)20-15-18(23)7-10-22(20)29-2/h5-10,15,21,26H,3-4,11-14,16H2,1-2H3/t21-/m0/s1. The number of hydrogen-bond acceptors (Lipinski definition) is 5. The Hall–Kier alpha value is -2.00. The molecule has 164 valence electrons. The number of nitrogens with zero attached hydrogens (tertiary/aromatic N) is 2. The van der Waals surface area contributed by atoms with Crippen LogP contribution in [0, 0.1) is 5.82 Å². The second-order valence-electron chi connectivity index (χ2n) is 7.50. The van der Waals surface area contributed by atoms with Gasteiger partial charge in [0.1, 0.15) is 11.6 Å². The maximum atomic E-state index is 13.6. The lowest BCUT2D eigenvalue weighted by atomic mass is 10.1. The van der Waals surface area contributed by atoms with Crippen LogP contribution in [0.15, 0.2) is 47.4 Å². The predicted molar refractivity (Wildman–Crippen MR) is 114 cm³/mol. The fourth-order valence-corrected chi connectivity index (χ4v) is 5.15. The van der Waals surface area contributed by atoms with Crippen molar-refractivity contribution >= 4 is 10.0 Å². The summed E-state index contributed by atoms with van der Waals surface area (Å²) < 4.78 is 46.1. The van der Waals surface area contributed by atoms with E-state index < -0.39 is 21.9 Å². The Morgan fingerprint density at radius 2 is 1.77 bits per heavy atom. The number of aliphatic hydroxyl groups excluding tert-OH is 1. The van der Waals surface area contributed by atoms with Crippen molar-refractivity contribution in [1.29, 1.82) is 0 Å². The van der Waals surface area contributed by atoms with E-state index in [1.54, 1.807) is 12.1 Å². The fourth-order valence-electron chi connectivity index (χ4n) is 3.73. The number of halogens is 1. The molecule has 1 fully saturated rings. The molecule has 0 saturated carbocycles. The van der Waals surface area contributed by atoms with Crippen LogP contribution in [0.1, 0.15) is 30.6 Å². The van der Waals surface area contributed by atoms with E-state index in [4.69, 9.17) is 4.74 Å². The van der Waals surface area contributed by atoms with Crippen molar-refractivity contribution in [2.45, 2.75) is 30.8 Å². The summed E-state index contributed by atoms with van der Waals surface area (Å²) in [5.41, 5.74) is 1.52. The van der Waals surface area contributed by atoms with Gasteiger partial charge >= 0.3 is 0 Å². The molecule has 8 heteroatoms. The van der Waals surface area contributed by atoms with E-state index in [0.717, 1.165) is 18.4 Å². The minimum absolute atomic E-state index is 0.277. The van der Waals surface area contributed by atoms with Gasteiger partial charge in [-0.25, -0.2) is 12.8 Å². The van der Waals surface area contributed by atoms with Gasteiger partial charge in [-0.15, -0.1) is 0 Å². The number of ether oxygens (including phenoxy) is 1. The van der Waals surface area contributed by atoms with Crippen molar-refractivity contribution in [2.24, 2.45) is 0 Å². The van der Waals surface area contributed by atoms with Crippen LogP contribution in [0.4, 0.5) is 4.39 Å². The van der Waals surface area contributed by atoms with Crippen LogP contribution >= 0.6 is 0 Å². The summed E-state index contributed by atoms with van der Waals surface area (Å²) >= 11 is 0. The normalized spacial score (nSPS) is 17.1. The molecule has 0 amide bonds. The molecule has 2 aromatic carbocycles. The zero-order valence-electron chi connectivity index (χ0n) is 17.4. The number of aliphatic hydroxyl groups is 1. The van der Waals surface area contributed by atoms with E-state index in [1.807, 2.05) is 17.0 Å². The van der Waals surface area contributed by atoms with E-state index >= 15 is 0 Å². The van der Waals surface area contributed by atoms with E-state index in [-0.39, 0.29) is 6.54 Å². The van der Waals surface area contributed by atoms with Crippen LogP contribution in [0.2, 0.25) is 0 Å². The quantitative estimate of drug-likeness (QED) is 0.689. The van der Waals surface area contributed by atoms with Gasteiger partial charge in [-0.05, 0) is 42.3 Å². The van der Waals surface area contributed by atoms with E-state index in [1.165, 1.54) is 29.6 Å². The summed E-state index contributed by atoms with van der Waals surface area (Å²) in [6.45, 7) is 4.02. The van der Waals surface area contributed by atoms with Crippen LogP contribution < -0.4 is 4.74 Å². The second-order valence-corrected chi connectivity index (χ2v) is 9.44. The molecule has 3 rings (SSSR count). The lowest BCUT2D eigenvalue weighted by Gasteiger charge is -2.35. The molecule has 0 unspecified atom stereocenters. The van der Waals surface area contributed by atoms with Crippen molar-refractivity contribution in [2.75, 3.05) is 39.8 Å². The molecule has 0 spiro atoms. The van der Waals surface area contributed by atoms with Crippen molar-refractivity contribution in [1.82, 2.24) is 9.21 Å². The van der Waals surface area contributed by atoms with Gasteiger partial charge < -0.3 is 9.84 Å². The zero-order chi connectivity index (χ0) is 21.7. The minimum Gasteiger partial charge on any atom is -0.496 e. The summed E-state index contributed by atoms with van der Waals surface area (Å²) in [6, 6.07) is 11.1. The summed E-state index contributed by atoms with van der Waals surface area (Å²) in [4.78, 5) is 2.28. The van der Waals surface area contributed by atoms with Gasteiger partial charge in [0.05, 0.1) is 18.1 Å². The third kappa shape index (κ3) is 5.18. The van der Waals surface area contributed by atoms with Gasteiger partial charge in [0, 0.05) is 38.3 Å². The molecular formula is C22H29FN2O4S. The van der Waals surface area contributed by atoms with Crippen LogP contribution in [-0.4, -0.2) is 62.6 Å². The molecule has 6 nitrogen and oxygen atoms in total. The van der Waals surface area contributed by atoms with Crippen molar-refractivity contribution < 1.29 is 22.7 Å². The molecule has 1 atom stereocenters. The van der Waals surface area contributed by atoms with Gasteiger partial charge in [0.25, 0.3) is 0 Å². The van der Waals surface area contributed by atoms with Crippen molar-refractivity contribution in [3.05, 3.63) is 59.4 Å². The number of sulfonamides is 1. The highest BCUT2D eigenvalue weighted by atomic mass is 32.2. The topological polar surface area (TPSA) is 70.1 Å². The molecular weight excluding hydrogens is 407 g/mol. The summed E-state index contributed by atoms with van der Waals surface area (Å²) in [7, 11) is -2.07. The third-order valence-corrected chi connectivity index (χ3v) is 7.33. The zero-order valence-corrected chi connectivity index (χ0v) is 18.2. The largest absolute Gasteiger partial charge is 0.496 e. The van der Waals surface area contributed by atoms with Gasteiger partial charge in [0.15, 0.2) is 0 Å². The average Bonchev–Trinajstić information content (AvgIpc) is 2.74. The molecule has 30 heavy (non-hydrogen) atoms. The molecule has 1 saturated heterocycles. The smallest absolute Gasteiger partial charge is 0.243 e. The number of hydrogen-bond donors (Lipinski definition) is 1. The maximum absolute atomic E-state index is 13.6. The number of aryl methyl sites for hydroxylation is 1. The summed E-state index contributed by atoms with van der Waals surface area (Å²) in [5.74, 6) is -0.0117. The Labute approximate surface area is 177 Å². The van der Waals surface area contributed by atoms with Crippen LogP contribution in [0.25, 0.3) is 0 Å². The fraction of sp³-hybridized carbons (Fsp3) is 0.455. The number of benzene rings is 2. The molecule has 0 radical (unpaired) electrons. The lowest BCUT2D eigenvalue weighted by molar-refractivity contribution is 0.0902. The van der Waals surface area contributed by atoms with Crippen molar-refractivity contribution in [3.63, 3.8) is 0 Å². The molecule has 0 bridgehead atoms. The van der Waals surface area contributed by atoms with Crippen molar-refractivity contribution in [3.8, 4) is 5.75 Å². The number of methoxy groups -OCH3 is 1. The van der Waals surface area contributed by atoms with Gasteiger partial charge in [-0.2, -0.15) is 4.31 Å². The highest BCUT2D eigenvalue weighted by Gasteiger charge is 2.29. The molecule has 1 aliphatic rings. The van der Waals surface area contributed by atoms with E-state index in [2.05, 4.69) is 6.92 Å². The van der Waals surface area contributed by atoms with Crippen LogP contribution in [0.3, 0.4) is 0 Å². The molecule has 2 aromatic rings. The number of β-amino-alcohol motifs (C(OH)–C–C–N with tert-alkyl or cyclic N) is 1. The van der Waals surface area contributed by atoms with E-state index in [9.17, 15) is 17.9 Å². The van der Waals surface area contributed by atoms with Gasteiger partial charge in [0.2, 0.25) is 10.0 Å². The Bertz CT molecular complexity index is 942. The monoisotopic (exact) mass is 436 g/mol. The van der Waals surface area contributed by atoms with E-state index in [0.29, 0.717) is 42.4 Å². The first-order valence-corrected chi connectivity index (χ1v) is 11.6. The molecule has 0 aliphatic carbocycles. The number of rotatable bonds is 8. The Morgan fingerprint density at radius 1 is 1.10 bits per heavy atom. The first kappa shape index (κ1) is 22.7. The summed E-state index contributed by atoms with van der Waals surface area (Å²) in [5, 5.41) is 10.6. The first-order valence-electron chi connectivity index (χ1n) is 10.2. The third-order valence-electron chi connectivity index (χ3n) is 5.41. The van der Waals surface area contributed by atoms with Crippen LogP contribution in [-0.2, 0) is 16.4 Å². The predicted octanol–water partition coefficient (Wildman–Crippen LogP) is 2.83. The lowest BCUT2D eigenvalue weighted by Crippen LogP contribution is -2.49. The summed E-state index contributed by atoms with van der Waals surface area (Å²) in [6.07, 6.45) is 1.02. The minimum atomic E-state index is -3.54. The highest BCUT2D eigenvalue weighted by Crippen LogP contribution is 2.27. The average molecular weight is 437 g/mol. The first-order chi connectivity index (χ1) is 14.3. The Balaban J connectivity index is 1.61. The SMILES string of the molecule is CCCc1ccc(S(=O)(=O)N2CCN(C[C@H](O)c3cc(F)ccc3OC)CC2)cc1. The van der Waals surface area contributed by atoms with Gasteiger partial charge in [-0.1, -0.05) is 25.5 Å². The maximum Gasteiger partial charge on any atom is 0.243 e. The number of piperazine rings is 1. The Morgan fingerprint density at radius 3 is 2.37 bits per heavy atom. The van der Waals surface area contributed by atoms with Crippen LogP contribution in [0.5, 0.6) is 5.75 Å². The Kier molecular flexibility index (Phi) is 7.46. The molecule has 1 heterocycles. The molecule has 1 N–H and O–H groups in total. The molecule has 1 aliphatic heterocycles.